The molecule has 0 aromatic heterocycles. The first kappa shape index (κ1) is 11.3. The van der Waals surface area contributed by atoms with Crippen molar-refractivity contribution in [3.8, 4) is 0 Å². The molecule has 0 bridgehead atoms. The Morgan fingerprint density at radius 2 is 1.94 bits per heavy atom. The van der Waals surface area contributed by atoms with Crippen molar-refractivity contribution < 1.29 is 9.59 Å². The second-order valence-electron chi connectivity index (χ2n) is 4.70. The van der Waals surface area contributed by atoms with Crippen molar-refractivity contribution in [1.29, 1.82) is 0 Å². The van der Waals surface area contributed by atoms with Crippen molar-refractivity contribution in [3.63, 3.8) is 0 Å². The zero-order chi connectivity index (χ0) is 11.7. The first-order valence-electron chi connectivity index (χ1n) is 5.88. The fourth-order valence-electron chi connectivity index (χ4n) is 2.44. The van der Waals surface area contributed by atoms with Crippen LogP contribution in [0, 0.1) is 0 Å². The zero-order valence-corrected chi connectivity index (χ0v) is 9.90. The van der Waals surface area contributed by atoms with Gasteiger partial charge in [0.1, 0.15) is 0 Å². The Bertz CT molecular complexity index is 343. The maximum Gasteiger partial charge on any atom is 0.256 e. The standard InChI is InChI=1S/C12H18N2O2/c1-9-7-11(15)14(12(9)16)10(2)8-13-5-3-4-6-13/h7,10H,3-6,8H2,1-2H3. The highest BCUT2D eigenvalue weighted by molar-refractivity contribution is 6.16. The average Bonchev–Trinajstić information content (AvgIpc) is 2.77. The van der Waals surface area contributed by atoms with Gasteiger partial charge in [-0.3, -0.25) is 14.5 Å². The topological polar surface area (TPSA) is 40.6 Å². The highest BCUT2D eigenvalue weighted by Crippen LogP contribution is 2.17. The number of nitrogens with zero attached hydrogens (tertiary/aromatic N) is 2. The van der Waals surface area contributed by atoms with E-state index in [9.17, 15) is 9.59 Å². The summed E-state index contributed by atoms with van der Waals surface area (Å²) in [7, 11) is 0. The molecule has 0 aromatic rings. The van der Waals surface area contributed by atoms with E-state index < -0.39 is 0 Å². The smallest absolute Gasteiger partial charge is 0.256 e. The average molecular weight is 222 g/mol. The number of rotatable bonds is 3. The van der Waals surface area contributed by atoms with Crippen LogP contribution in [0.2, 0.25) is 0 Å². The van der Waals surface area contributed by atoms with Crippen LogP contribution in [0.25, 0.3) is 0 Å². The summed E-state index contributed by atoms with van der Waals surface area (Å²) < 4.78 is 0. The summed E-state index contributed by atoms with van der Waals surface area (Å²) in [5, 5.41) is 0. The minimum Gasteiger partial charge on any atom is -0.301 e. The number of hydrogen-bond acceptors (Lipinski definition) is 3. The van der Waals surface area contributed by atoms with Crippen LogP contribution in [0.5, 0.6) is 0 Å². The summed E-state index contributed by atoms with van der Waals surface area (Å²) in [5.74, 6) is -0.286. The quantitative estimate of drug-likeness (QED) is 0.663. The molecule has 4 nitrogen and oxygen atoms in total. The first-order valence-corrected chi connectivity index (χ1v) is 5.88. The van der Waals surface area contributed by atoms with Crippen LogP contribution in [-0.2, 0) is 9.59 Å². The summed E-state index contributed by atoms with van der Waals surface area (Å²) in [6, 6.07) is -0.0215. The molecule has 1 saturated heterocycles. The lowest BCUT2D eigenvalue weighted by Crippen LogP contribution is -2.45. The molecule has 0 spiro atoms. The highest BCUT2D eigenvalue weighted by Gasteiger charge is 2.33. The summed E-state index contributed by atoms with van der Waals surface area (Å²) in [5.41, 5.74) is 0.554. The van der Waals surface area contributed by atoms with Gasteiger partial charge in [0.2, 0.25) is 0 Å². The third-order valence-electron chi connectivity index (χ3n) is 3.30. The molecule has 0 N–H and O–H groups in total. The number of imide groups is 1. The Morgan fingerprint density at radius 3 is 2.44 bits per heavy atom. The maximum atomic E-state index is 11.7. The molecule has 2 heterocycles. The van der Waals surface area contributed by atoms with Gasteiger partial charge in [-0.05, 0) is 39.8 Å². The Morgan fingerprint density at radius 1 is 1.31 bits per heavy atom. The van der Waals surface area contributed by atoms with E-state index >= 15 is 0 Å². The van der Waals surface area contributed by atoms with E-state index in [1.165, 1.54) is 23.8 Å². The van der Waals surface area contributed by atoms with Gasteiger partial charge in [0.25, 0.3) is 11.8 Å². The van der Waals surface area contributed by atoms with Crippen LogP contribution in [-0.4, -0.2) is 47.3 Å². The van der Waals surface area contributed by atoms with Crippen molar-refractivity contribution in [3.05, 3.63) is 11.6 Å². The molecular weight excluding hydrogens is 204 g/mol. The number of hydrogen-bond donors (Lipinski definition) is 0. The molecule has 0 saturated carbocycles. The number of carbonyl (C=O) groups is 2. The molecule has 2 amide bonds. The van der Waals surface area contributed by atoms with Gasteiger partial charge in [0, 0.05) is 18.2 Å². The largest absolute Gasteiger partial charge is 0.301 e. The second-order valence-corrected chi connectivity index (χ2v) is 4.70. The van der Waals surface area contributed by atoms with E-state index in [1.807, 2.05) is 6.92 Å². The van der Waals surface area contributed by atoms with Crippen molar-refractivity contribution >= 4 is 11.8 Å². The van der Waals surface area contributed by atoms with Gasteiger partial charge in [-0.15, -0.1) is 0 Å². The third kappa shape index (κ3) is 2.02. The molecule has 0 aliphatic carbocycles. The number of carbonyl (C=O) groups excluding carboxylic acids is 2. The molecule has 1 atom stereocenters. The maximum absolute atomic E-state index is 11.7. The molecule has 2 aliphatic rings. The minimum atomic E-state index is -0.158. The Balaban J connectivity index is 1.97. The zero-order valence-electron chi connectivity index (χ0n) is 9.90. The summed E-state index contributed by atoms with van der Waals surface area (Å²) in [6.45, 7) is 6.63. The van der Waals surface area contributed by atoms with Crippen molar-refractivity contribution in [2.75, 3.05) is 19.6 Å². The summed E-state index contributed by atoms with van der Waals surface area (Å²) in [6.07, 6.45) is 3.89. The Kier molecular flexibility index (Phi) is 3.10. The van der Waals surface area contributed by atoms with Crippen molar-refractivity contribution in [2.24, 2.45) is 0 Å². The molecule has 4 heteroatoms. The Labute approximate surface area is 95.9 Å². The van der Waals surface area contributed by atoms with Crippen LogP contribution in [0.15, 0.2) is 11.6 Å². The monoisotopic (exact) mass is 222 g/mol. The van der Waals surface area contributed by atoms with Crippen LogP contribution in [0.4, 0.5) is 0 Å². The minimum absolute atomic E-state index is 0.0215. The second kappa shape index (κ2) is 4.37. The van der Waals surface area contributed by atoms with Crippen LogP contribution < -0.4 is 0 Å². The number of likely N-dealkylation sites (tertiary alicyclic amines) is 1. The SMILES string of the molecule is CC1=CC(=O)N(C(C)CN2CCCC2)C1=O. The van der Waals surface area contributed by atoms with Gasteiger partial charge in [0.15, 0.2) is 0 Å². The lowest BCUT2D eigenvalue weighted by Gasteiger charge is -2.27. The molecular formula is C12H18N2O2. The predicted molar refractivity (Wildman–Crippen MR) is 60.7 cm³/mol. The van der Waals surface area contributed by atoms with E-state index in [0.29, 0.717) is 5.57 Å². The van der Waals surface area contributed by atoms with Gasteiger partial charge >= 0.3 is 0 Å². The van der Waals surface area contributed by atoms with Gasteiger partial charge in [0.05, 0.1) is 6.04 Å². The van der Waals surface area contributed by atoms with Crippen molar-refractivity contribution in [2.45, 2.75) is 32.7 Å². The number of amides is 2. The fraction of sp³-hybridized carbons (Fsp3) is 0.667. The molecule has 0 radical (unpaired) electrons. The van der Waals surface area contributed by atoms with E-state index in [4.69, 9.17) is 0 Å². The van der Waals surface area contributed by atoms with Gasteiger partial charge in [-0.2, -0.15) is 0 Å². The van der Waals surface area contributed by atoms with E-state index in [-0.39, 0.29) is 17.9 Å². The normalized spacial score (nSPS) is 24.1. The van der Waals surface area contributed by atoms with Crippen LogP contribution in [0.3, 0.4) is 0 Å². The predicted octanol–water partition coefficient (Wildman–Crippen LogP) is 0.786. The van der Waals surface area contributed by atoms with Gasteiger partial charge < -0.3 is 4.90 Å². The molecule has 0 aromatic carbocycles. The van der Waals surface area contributed by atoms with E-state index in [2.05, 4.69) is 4.90 Å². The molecule has 2 aliphatic heterocycles. The van der Waals surface area contributed by atoms with Crippen LogP contribution >= 0.6 is 0 Å². The highest BCUT2D eigenvalue weighted by atomic mass is 16.2. The lowest BCUT2D eigenvalue weighted by atomic mass is 10.2. The van der Waals surface area contributed by atoms with Crippen molar-refractivity contribution in [1.82, 2.24) is 9.80 Å². The molecule has 88 valence electrons. The fourth-order valence-corrected chi connectivity index (χ4v) is 2.44. The van der Waals surface area contributed by atoms with E-state index in [1.54, 1.807) is 6.92 Å². The molecule has 1 fully saturated rings. The third-order valence-corrected chi connectivity index (χ3v) is 3.30. The lowest BCUT2D eigenvalue weighted by molar-refractivity contribution is -0.139. The van der Waals surface area contributed by atoms with E-state index in [0.717, 1.165) is 19.6 Å². The molecule has 2 rings (SSSR count). The first-order chi connectivity index (χ1) is 7.59. The Hall–Kier alpha value is -1.16. The van der Waals surface area contributed by atoms with Gasteiger partial charge in [-0.1, -0.05) is 0 Å². The molecule has 16 heavy (non-hydrogen) atoms. The van der Waals surface area contributed by atoms with Gasteiger partial charge in [-0.25, -0.2) is 0 Å². The molecule has 1 unspecified atom stereocenters. The summed E-state index contributed by atoms with van der Waals surface area (Å²) >= 11 is 0. The van der Waals surface area contributed by atoms with Crippen LogP contribution in [0.1, 0.15) is 26.7 Å². The summed E-state index contributed by atoms with van der Waals surface area (Å²) in [4.78, 5) is 27.1.